The zero-order chi connectivity index (χ0) is 15.5. The Morgan fingerprint density at radius 3 is 2.20 bits per heavy atom. The smallest absolute Gasteiger partial charge is 0.242 e. The molecule has 0 bridgehead atoms. The number of hydrogen-bond acceptors (Lipinski definition) is 4. The Labute approximate surface area is 120 Å². The Kier molecular flexibility index (Phi) is 5.30. The van der Waals surface area contributed by atoms with Crippen molar-refractivity contribution in [3.63, 3.8) is 0 Å². The van der Waals surface area contributed by atoms with Crippen molar-refractivity contribution in [2.45, 2.75) is 32.9 Å². The molecule has 1 unspecified atom stereocenters. The van der Waals surface area contributed by atoms with Gasteiger partial charge in [-0.3, -0.25) is 4.79 Å². The second-order valence-electron chi connectivity index (χ2n) is 5.06. The van der Waals surface area contributed by atoms with E-state index in [0.717, 1.165) is 16.7 Å². The molecule has 0 saturated carbocycles. The van der Waals surface area contributed by atoms with Crippen LogP contribution in [0.2, 0.25) is 0 Å². The molecule has 1 amide bonds. The number of aryl methyl sites for hydroxylation is 3. The van der Waals surface area contributed by atoms with E-state index < -0.39 is 21.0 Å². The number of nitrogens with one attached hydrogen (secondary N) is 1. The fourth-order valence-electron chi connectivity index (χ4n) is 2.11. The average molecular weight is 298 g/mol. The van der Waals surface area contributed by atoms with Crippen molar-refractivity contribution < 1.29 is 13.2 Å². The molecule has 0 aliphatic rings. The van der Waals surface area contributed by atoms with Gasteiger partial charge in [-0.25, -0.2) is 8.42 Å². The third-order valence-electron chi connectivity index (χ3n) is 3.24. The Balaban J connectivity index is 2.98. The monoisotopic (exact) mass is 298 g/mol. The van der Waals surface area contributed by atoms with Crippen molar-refractivity contribution in [3.05, 3.63) is 28.8 Å². The number of amides is 1. The number of carbonyl (C=O) groups excluding carboxylic acids is 1. The van der Waals surface area contributed by atoms with Gasteiger partial charge in [-0.15, -0.1) is 0 Å². The molecule has 1 atom stereocenters. The number of rotatable bonds is 5. The van der Waals surface area contributed by atoms with Crippen LogP contribution in [0.25, 0.3) is 0 Å². The largest absolute Gasteiger partial charge is 0.329 e. The fourth-order valence-corrected chi connectivity index (χ4v) is 3.17. The van der Waals surface area contributed by atoms with Crippen molar-refractivity contribution in [3.8, 4) is 0 Å². The lowest BCUT2D eigenvalue weighted by atomic mass is 10.1. The van der Waals surface area contributed by atoms with Gasteiger partial charge in [-0.05, 0) is 38.8 Å². The highest BCUT2D eigenvalue weighted by molar-refractivity contribution is 7.92. The third-order valence-corrected chi connectivity index (χ3v) is 5.33. The lowest BCUT2D eigenvalue weighted by Crippen LogP contribution is -2.36. The molecule has 0 fully saturated rings. The van der Waals surface area contributed by atoms with Crippen molar-refractivity contribution >= 4 is 21.4 Å². The summed E-state index contributed by atoms with van der Waals surface area (Å²) in [6, 6.07) is 3.89. The van der Waals surface area contributed by atoms with Gasteiger partial charge in [-0.2, -0.15) is 0 Å². The van der Waals surface area contributed by atoms with Crippen LogP contribution in [0.3, 0.4) is 0 Å². The van der Waals surface area contributed by atoms with E-state index in [-0.39, 0.29) is 12.3 Å². The fraction of sp³-hybridized carbons (Fsp3) is 0.500. The maximum atomic E-state index is 12.1. The number of anilines is 1. The van der Waals surface area contributed by atoms with Gasteiger partial charge in [-0.1, -0.05) is 17.7 Å². The lowest BCUT2D eigenvalue weighted by Gasteiger charge is -2.16. The van der Waals surface area contributed by atoms with Crippen LogP contribution in [0, 0.1) is 20.8 Å². The summed E-state index contributed by atoms with van der Waals surface area (Å²) in [7, 11) is -3.50. The summed E-state index contributed by atoms with van der Waals surface area (Å²) in [5.41, 5.74) is 8.87. The van der Waals surface area contributed by atoms with Crippen LogP contribution < -0.4 is 11.1 Å². The number of sulfone groups is 1. The van der Waals surface area contributed by atoms with Gasteiger partial charge < -0.3 is 11.1 Å². The zero-order valence-corrected chi connectivity index (χ0v) is 13.2. The normalized spacial score (nSPS) is 13.1. The molecular formula is C14H22N2O3S. The molecule has 3 N–H and O–H groups in total. The second kappa shape index (κ2) is 6.37. The molecule has 0 aromatic heterocycles. The van der Waals surface area contributed by atoms with E-state index in [1.165, 1.54) is 6.92 Å². The van der Waals surface area contributed by atoms with E-state index in [9.17, 15) is 13.2 Å². The van der Waals surface area contributed by atoms with E-state index in [4.69, 9.17) is 5.73 Å². The van der Waals surface area contributed by atoms with Gasteiger partial charge in [0.15, 0.2) is 9.84 Å². The Bertz CT molecular complexity index is 586. The topological polar surface area (TPSA) is 89.3 Å². The molecular weight excluding hydrogens is 276 g/mol. The first kappa shape index (κ1) is 16.7. The van der Waals surface area contributed by atoms with Crippen LogP contribution in [0.1, 0.15) is 23.6 Å². The highest BCUT2D eigenvalue weighted by Gasteiger charge is 2.27. The zero-order valence-electron chi connectivity index (χ0n) is 12.4. The molecule has 1 rings (SSSR count). The first-order chi connectivity index (χ1) is 9.19. The van der Waals surface area contributed by atoms with Crippen molar-refractivity contribution in [2.75, 3.05) is 17.6 Å². The average Bonchev–Trinajstić information content (AvgIpc) is 2.32. The third kappa shape index (κ3) is 3.80. The molecule has 0 spiro atoms. The molecule has 20 heavy (non-hydrogen) atoms. The summed E-state index contributed by atoms with van der Waals surface area (Å²) in [6.07, 6.45) is 0. The van der Waals surface area contributed by atoms with E-state index >= 15 is 0 Å². The maximum Gasteiger partial charge on any atom is 0.242 e. The molecule has 1 aromatic carbocycles. The number of benzene rings is 1. The molecule has 0 aliphatic heterocycles. The summed E-state index contributed by atoms with van der Waals surface area (Å²) in [5, 5.41) is 1.61. The molecule has 112 valence electrons. The first-order valence-electron chi connectivity index (χ1n) is 6.49. The van der Waals surface area contributed by atoms with E-state index in [2.05, 4.69) is 5.32 Å². The van der Waals surface area contributed by atoms with Gasteiger partial charge >= 0.3 is 0 Å². The Hall–Kier alpha value is -1.40. The van der Waals surface area contributed by atoms with Crippen LogP contribution in [0.5, 0.6) is 0 Å². The summed E-state index contributed by atoms with van der Waals surface area (Å²) in [4.78, 5) is 12.1. The van der Waals surface area contributed by atoms with E-state index in [0.29, 0.717) is 5.69 Å². The van der Waals surface area contributed by atoms with Gasteiger partial charge in [0.1, 0.15) is 5.25 Å². The van der Waals surface area contributed by atoms with Crippen molar-refractivity contribution in [2.24, 2.45) is 5.73 Å². The highest BCUT2D eigenvalue weighted by Crippen LogP contribution is 2.22. The van der Waals surface area contributed by atoms with Gasteiger partial charge in [0.25, 0.3) is 0 Å². The molecule has 6 heteroatoms. The molecule has 0 saturated heterocycles. The summed E-state index contributed by atoms with van der Waals surface area (Å²) < 4.78 is 23.7. The van der Waals surface area contributed by atoms with Crippen LogP contribution >= 0.6 is 0 Å². The molecule has 5 nitrogen and oxygen atoms in total. The number of carbonyl (C=O) groups is 1. The Morgan fingerprint density at radius 2 is 1.75 bits per heavy atom. The summed E-state index contributed by atoms with van der Waals surface area (Å²) in [5.74, 6) is -0.707. The quantitative estimate of drug-likeness (QED) is 0.857. The molecule has 0 heterocycles. The number of hydrogen-bond donors (Lipinski definition) is 2. The van der Waals surface area contributed by atoms with Gasteiger partial charge in [0.05, 0.1) is 5.75 Å². The highest BCUT2D eigenvalue weighted by atomic mass is 32.2. The predicted molar refractivity (Wildman–Crippen MR) is 81.6 cm³/mol. The minimum atomic E-state index is -3.50. The second-order valence-corrected chi connectivity index (χ2v) is 7.50. The van der Waals surface area contributed by atoms with Crippen molar-refractivity contribution in [1.29, 1.82) is 0 Å². The summed E-state index contributed by atoms with van der Waals surface area (Å²) >= 11 is 0. The number of nitrogens with two attached hydrogens (primary N) is 1. The van der Waals surface area contributed by atoms with E-state index in [1.807, 2.05) is 32.9 Å². The minimum absolute atomic E-state index is 0.0164. The minimum Gasteiger partial charge on any atom is -0.329 e. The first-order valence-corrected chi connectivity index (χ1v) is 8.21. The maximum absolute atomic E-state index is 12.1. The van der Waals surface area contributed by atoms with Gasteiger partial charge in [0.2, 0.25) is 5.91 Å². The van der Waals surface area contributed by atoms with Gasteiger partial charge in [0, 0.05) is 12.2 Å². The summed E-state index contributed by atoms with van der Waals surface area (Å²) in [6.45, 7) is 7.14. The van der Waals surface area contributed by atoms with Crippen LogP contribution in [-0.2, 0) is 14.6 Å². The molecule has 0 aliphatic carbocycles. The Morgan fingerprint density at radius 1 is 1.25 bits per heavy atom. The van der Waals surface area contributed by atoms with E-state index in [1.54, 1.807) is 0 Å². The molecule has 1 aromatic rings. The molecule has 0 radical (unpaired) electrons. The van der Waals surface area contributed by atoms with Crippen molar-refractivity contribution in [1.82, 2.24) is 0 Å². The van der Waals surface area contributed by atoms with Crippen LogP contribution in [-0.4, -0.2) is 31.9 Å². The van der Waals surface area contributed by atoms with Crippen LogP contribution in [0.15, 0.2) is 12.1 Å². The predicted octanol–water partition coefficient (Wildman–Crippen LogP) is 1.31. The lowest BCUT2D eigenvalue weighted by molar-refractivity contribution is -0.115. The van der Waals surface area contributed by atoms with Crippen LogP contribution in [0.4, 0.5) is 5.69 Å². The standard InChI is InChI=1S/C14H22N2O3S/c1-9-7-10(2)13(11(3)8-9)16-14(17)12(4)20(18,19)6-5-15/h7-8,12H,5-6,15H2,1-4H3,(H,16,17). The SMILES string of the molecule is Cc1cc(C)c(NC(=O)C(C)S(=O)(=O)CCN)c(C)c1.